The van der Waals surface area contributed by atoms with Crippen molar-refractivity contribution in [3.63, 3.8) is 0 Å². The van der Waals surface area contributed by atoms with Crippen molar-refractivity contribution in [2.45, 2.75) is 19.4 Å². The molecule has 1 N–H and O–H groups in total. The zero-order valence-corrected chi connectivity index (χ0v) is 19.0. The number of halogens is 1. The van der Waals surface area contributed by atoms with Crippen molar-refractivity contribution in [1.82, 2.24) is 14.9 Å². The largest absolute Gasteiger partial charge is 0.494 e. The molecule has 170 valence electrons. The minimum absolute atomic E-state index is 0.0468. The van der Waals surface area contributed by atoms with Gasteiger partial charge in [-0.05, 0) is 55.0 Å². The number of benzene rings is 3. The van der Waals surface area contributed by atoms with Gasteiger partial charge in [0, 0.05) is 24.5 Å². The molecule has 4 aromatic rings. The Kier molecular flexibility index (Phi) is 7.82. The zero-order valence-electron chi connectivity index (χ0n) is 18.2. The molecule has 0 unspecified atom stereocenters. The highest BCUT2D eigenvalue weighted by molar-refractivity contribution is 6.30. The SMILES string of the molecule is O=C(COc1ccc(Cl)cc1)NCCc1nc2ccccc2n1CCCOc1ccccc1. The minimum Gasteiger partial charge on any atom is -0.494 e. The van der Waals surface area contributed by atoms with E-state index in [0.29, 0.717) is 30.3 Å². The van der Waals surface area contributed by atoms with Crippen LogP contribution >= 0.6 is 11.6 Å². The maximum absolute atomic E-state index is 12.2. The van der Waals surface area contributed by atoms with Crippen molar-refractivity contribution < 1.29 is 14.3 Å². The highest BCUT2D eigenvalue weighted by Crippen LogP contribution is 2.18. The smallest absolute Gasteiger partial charge is 0.257 e. The summed E-state index contributed by atoms with van der Waals surface area (Å²) in [4.78, 5) is 16.9. The Hall–Kier alpha value is -3.51. The standard InChI is InChI=1S/C26H26ClN3O3/c27-20-11-13-22(14-12-20)33-19-26(31)28-16-15-25-29-23-9-4-5-10-24(23)30(25)17-6-18-32-21-7-2-1-3-8-21/h1-5,7-14H,6,15-19H2,(H,28,31). The zero-order chi connectivity index (χ0) is 22.9. The minimum atomic E-state index is -0.177. The van der Waals surface area contributed by atoms with Crippen LogP contribution in [0.5, 0.6) is 11.5 Å². The Labute approximate surface area is 198 Å². The topological polar surface area (TPSA) is 65.4 Å². The maximum atomic E-state index is 12.2. The number of aromatic nitrogens is 2. The van der Waals surface area contributed by atoms with Crippen LogP contribution in [0, 0.1) is 0 Å². The quantitative estimate of drug-likeness (QED) is 0.321. The van der Waals surface area contributed by atoms with Crippen LogP contribution < -0.4 is 14.8 Å². The molecule has 0 aliphatic rings. The molecule has 0 atom stereocenters. The van der Waals surface area contributed by atoms with E-state index in [1.807, 2.05) is 48.5 Å². The molecule has 0 saturated carbocycles. The van der Waals surface area contributed by atoms with Gasteiger partial charge in [0.1, 0.15) is 17.3 Å². The number of hydrogen-bond donors (Lipinski definition) is 1. The van der Waals surface area contributed by atoms with Gasteiger partial charge in [-0.2, -0.15) is 0 Å². The van der Waals surface area contributed by atoms with Crippen LogP contribution in [0.2, 0.25) is 5.02 Å². The van der Waals surface area contributed by atoms with Gasteiger partial charge in [0.2, 0.25) is 0 Å². The molecule has 0 aliphatic heterocycles. The van der Waals surface area contributed by atoms with Gasteiger partial charge in [0.05, 0.1) is 17.6 Å². The summed E-state index contributed by atoms with van der Waals surface area (Å²) in [5, 5.41) is 3.53. The number of imidazole rings is 1. The molecule has 1 amide bonds. The lowest BCUT2D eigenvalue weighted by molar-refractivity contribution is -0.123. The maximum Gasteiger partial charge on any atom is 0.257 e. The summed E-state index contributed by atoms with van der Waals surface area (Å²) in [7, 11) is 0. The van der Waals surface area contributed by atoms with Crippen molar-refractivity contribution in [2.24, 2.45) is 0 Å². The van der Waals surface area contributed by atoms with E-state index in [4.69, 9.17) is 26.1 Å². The Morgan fingerprint density at radius 3 is 2.45 bits per heavy atom. The first kappa shape index (κ1) is 22.7. The van der Waals surface area contributed by atoms with Crippen molar-refractivity contribution >= 4 is 28.5 Å². The normalized spacial score (nSPS) is 10.8. The average Bonchev–Trinajstić information content (AvgIpc) is 3.19. The van der Waals surface area contributed by atoms with E-state index in [1.54, 1.807) is 24.3 Å². The van der Waals surface area contributed by atoms with Crippen LogP contribution in [0.4, 0.5) is 0 Å². The highest BCUT2D eigenvalue weighted by atomic mass is 35.5. The van der Waals surface area contributed by atoms with E-state index in [1.165, 1.54) is 0 Å². The molecule has 6 nitrogen and oxygen atoms in total. The lowest BCUT2D eigenvalue weighted by Gasteiger charge is -2.11. The van der Waals surface area contributed by atoms with E-state index in [0.717, 1.165) is 35.6 Å². The summed E-state index contributed by atoms with van der Waals surface area (Å²) in [6.07, 6.45) is 1.48. The molecule has 1 aromatic heterocycles. The molecule has 7 heteroatoms. The number of nitrogens with one attached hydrogen (secondary N) is 1. The van der Waals surface area contributed by atoms with Gasteiger partial charge in [-0.1, -0.05) is 41.9 Å². The van der Waals surface area contributed by atoms with Gasteiger partial charge in [0.25, 0.3) is 5.91 Å². The number of aryl methyl sites for hydroxylation is 1. The van der Waals surface area contributed by atoms with Gasteiger partial charge in [0.15, 0.2) is 6.61 Å². The highest BCUT2D eigenvalue weighted by Gasteiger charge is 2.11. The molecule has 0 spiro atoms. The van der Waals surface area contributed by atoms with E-state index < -0.39 is 0 Å². The predicted molar refractivity (Wildman–Crippen MR) is 130 cm³/mol. The molecule has 0 radical (unpaired) electrons. The van der Waals surface area contributed by atoms with Gasteiger partial charge in [-0.15, -0.1) is 0 Å². The summed E-state index contributed by atoms with van der Waals surface area (Å²) in [5.74, 6) is 2.24. The number of carbonyl (C=O) groups is 1. The molecule has 0 aliphatic carbocycles. The first-order valence-corrected chi connectivity index (χ1v) is 11.3. The fourth-order valence-corrected chi connectivity index (χ4v) is 3.67. The number of ether oxygens (including phenoxy) is 2. The molecule has 3 aromatic carbocycles. The molecule has 33 heavy (non-hydrogen) atoms. The summed E-state index contributed by atoms with van der Waals surface area (Å²) >= 11 is 5.86. The number of para-hydroxylation sites is 3. The van der Waals surface area contributed by atoms with Crippen molar-refractivity contribution in [1.29, 1.82) is 0 Å². The van der Waals surface area contributed by atoms with Gasteiger partial charge >= 0.3 is 0 Å². The lowest BCUT2D eigenvalue weighted by atomic mass is 10.3. The number of nitrogens with zero attached hydrogens (tertiary/aromatic N) is 2. The van der Waals surface area contributed by atoms with Crippen LogP contribution in [-0.4, -0.2) is 35.2 Å². The lowest BCUT2D eigenvalue weighted by Crippen LogP contribution is -2.31. The number of fused-ring (bicyclic) bond motifs is 1. The number of rotatable bonds is 11. The molecule has 0 saturated heterocycles. The Balaban J connectivity index is 1.29. The van der Waals surface area contributed by atoms with E-state index >= 15 is 0 Å². The van der Waals surface area contributed by atoms with Gasteiger partial charge < -0.3 is 19.4 Å². The third-order valence-electron chi connectivity index (χ3n) is 5.13. The fourth-order valence-electron chi connectivity index (χ4n) is 3.54. The average molecular weight is 464 g/mol. The van der Waals surface area contributed by atoms with E-state index in [-0.39, 0.29) is 12.5 Å². The first-order chi connectivity index (χ1) is 16.2. The first-order valence-electron chi connectivity index (χ1n) is 11.0. The summed E-state index contributed by atoms with van der Waals surface area (Å²) < 4.78 is 13.5. The number of carbonyl (C=O) groups excluding carboxylic acids is 1. The second kappa shape index (κ2) is 11.4. The third kappa shape index (κ3) is 6.49. The van der Waals surface area contributed by atoms with Crippen LogP contribution in [-0.2, 0) is 17.8 Å². The Bertz CT molecular complexity index is 1180. The Morgan fingerprint density at radius 1 is 0.909 bits per heavy atom. The van der Waals surface area contributed by atoms with Crippen LogP contribution in [0.25, 0.3) is 11.0 Å². The van der Waals surface area contributed by atoms with Crippen LogP contribution in [0.1, 0.15) is 12.2 Å². The molecular weight excluding hydrogens is 438 g/mol. The third-order valence-corrected chi connectivity index (χ3v) is 5.38. The molecular formula is C26H26ClN3O3. The second-order valence-corrected chi connectivity index (χ2v) is 7.96. The molecule has 0 bridgehead atoms. The summed E-state index contributed by atoms with van der Waals surface area (Å²) in [6, 6.07) is 24.8. The Morgan fingerprint density at radius 2 is 1.64 bits per heavy atom. The van der Waals surface area contributed by atoms with E-state index in [2.05, 4.69) is 16.0 Å². The molecule has 4 rings (SSSR count). The van der Waals surface area contributed by atoms with Crippen LogP contribution in [0.3, 0.4) is 0 Å². The number of hydrogen-bond acceptors (Lipinski definition) is 4. The molecule has 1 heterocycles. The van der Waals surface area contributed by atoms with Crippen molar-refractivity contribution in [3.8, 4) is 11.5 Å². The summed E-state index contributed by atoms with van der Waals surface area (Å²) in [6.45, 7) is 1.84. The molecule has 0 fully saturated rings. The second-order valence-electron chi connectivity index (χ2n) is 7.53. The van der Waals surface area contributed by atoms with Crippen molar-refractivity contribution in [3.05, 3.63) is 89.7 Å². The van der Waals surface area contributed by atoms with Crippen molar-refractivity contribution in [2.75, 3.05) is 19.8 Å². The predicted octanol–water partition coefficient (Wildman–Crippen LogP) is 4.90. The van der Waals surface area contributed by atoms with E-state index in [9.17, 15) is 4.79 Å². The fraction of sp³-hybridized carbons (Fsp3) is 0.231. The number of amides is 1. The monoisotopic (exact) mass is 463 g/mol. The van der Waals surface area contributed by atoms with Gasteiger partial charge in [-0.25, -0.2) is 4.98 Å². The van der Waals surface area contributed by atoms with Crippen LogP contribution in [0.15, 0.2) is 78.9 Å². The summed E-state index contributed by atoms with van der Waals surface area (Å²) in [5.41, 5.74) is 2.04. The van der Waals surface area contributed by atoms with Gasteiger partial charge in [-0.3, -0.25) is 4.79 Å².